The first-order chi connectivity index (χ1) is 7.04. The second-order valence-corrected chi connectivity index (χ2v) is 4.22. The first kappa shape index (κ1) is 12.2. The van der Waals surface area contributed by atoms with Crippen molar-refractivity contribution in [1.82, 2.24) is 9.80 Å². The Bertz CT molecular complexity index is 253. The molecule has 1 fully saturated rings. The maximum Gasteiger partial charge on any atom is 0.237 e. The summed E-state index contributed by atoms with van der Waals surface area (Å²) < 4.78 is 0. The highest BCUT2D eigenvalue weighted by Crippen LogP contribution is 2.10. The molecule has 1 unspecified atom stereocenters. The lowest BCUT2D eigenvalue weighted by molar-refractivity contribution is -0.139. The van der Waals surface area contributed by atoms with Crippen molar-refractivity contribution in [2.45, 2.75) is 33.2 Å². The van der Waals surface area contributed by atoms with Crippen LogP contribution in [0.25, 0.3) is 0 Å². The van der Waals surface area contributed by atoms with E-state index in [1.165, 1.54) is 0 Å². The number of carbonyl (C=O) groups is 2. The molecule has 0 radical (unpaired) electrons. The first-order valence-electron chi connectivity index (χ1n) is 5.55. The van der Waals surface area contributed by atoms with Crippen molar-refractivity contribution in [3.05, 3.63) is 0 Å². The highest BCUT2D eigenvalue weighted by Gasteiger charge is 2.27. The lowest BCUT2D eigenvalue weighted by atomic mass is 10.1. The van der Waals surface area contributed by atoms with E-state index >= 15 is 0 Å². The summed E-state index contributed by atoms with van der Waals surface area (Å²) in [4.78, 5) is 26.5. The molecule has 0 spiro atoms. The van der Waals surface area contributed by atoms with E-state index in [9.17, 15) is 9.59 Å². The zero-order valence-corrected chi connectivity index (χ0v) is 9.82. The van der Waals surface area contributed by atoms with Gasteiger partial charge in [0.05, 0.1) is 6.54 Å². The van der Waals surface area contributed by atoms with Crippen LogP contribution in [0.4, 0.5) is 0 Å². The van der Waals surface area contributed by atoms with E-state index in [-0.39, 0.29) is 17.7 Å². The summed E-state index contributed by atoms with van der Waals surface area (Å²) in [6.45, 7) is 8.48. The average Bonchev–Trinajstić information content (AvgIpc) is 2.14. The number of amides is 1. The van der Waals surface area contributed by atoms with Gasteiger partial charge in [-0.3, -0.25) is 14.5 Å². The Balaban J connectivity index is 2.45. The number of Topliss-reactive ketones (excluding diaryl/α,β-unsaturated/α-hetero) is 1. The SMILES string of the molecule is CCN1C(=O)CN(CCC(C)=O)CC1C. The fourth-order valence-corrected chi connectivity index (χ4v) is 2.04. The predicted octanol–water partition coefficient (Wildman–Crippen LogP) is 0.518. The number of rotatable bonds is 4. The maximum atomic E-state index is 11.7. The molecule has 1 aliphatic rings. The van der Waals surface area contributed by atoms with Gasteiger partial charge in [-0.05, 0) is 20.8 Å². The maximum absolute atomic E-state index is 11.7. The van der Waals surface area contributed by atoms with Gasteiger partial charge in [0.25, 0.3) is 0 Å². The molecule has 86 valence electrons. The minimum Gasteiger partial charge on any atom is -0.338 e. The summed E-state index contributed by atoms with van der Waals surface area (Å²) in [6.07, 6.45) is 0.548. The summed E-state index contributed by atoms with van der Waals surface area (Å²) in [5, 5.41) is 0. The summed E-state index contributed by atoms with van der Waals surface area (Å²) in [6, 6.07) is 0.267. The monoisotopic (exact) mass is 212 g/mol. The van der Waals surface area contributed by atoms with E-state index in [4.69, 9.17) is 0 Å². The Morgan fingerprint density at radius 2 is 2.20 bits per heavy atom. The molecular formula is C11H20N2O2. The van der Waals surface area contributed by atoms with Crippen LogP contribution in [0.1, 0.15) is 27.2 Å². The Morgan fingerprint density at radius 3 is 2.67 bits per heavy atom. The van der Waals surface area contributed by atoms with Crippen LogP contribution in [-0.4, -0.2) is 53.7 Å². The van der Waals surface area contributed by atoms with Gasteiger partial charge >= 0.3 is 0 Å². The summed E-state index contributed by atoms with van der Waals surface area (Å²) in [7, 11) is 0. The van der Waals surface area contributed by atoms with Crippen LogP contribution in [0.15, 0.2) is 0 Å². The number of nitrogens with zero attached hydrogens (tertiary/aromatic N) is 2. The minimum atomic E-state index is 0.180. The Kier molecular flexibility index (Phi) is 4.27. The molecule has 1 heterocycles. The van der Waals surface area contributed by atoms with Gasteiger partial charge in [0, 0.05) is 32.1 Å². The van der Waals surface area contributed by atoms with Gasteiger partial charge in [-0.2, -0.15) is 0 Å². The van der Waals surface area contributed by atoms with Gasteiger partial charge in [0.1, 0.15) is 5.78 Å². The molecular weight excluding hydrogens is 192 g/mol. The molecule has 4 heteroatoms. The molecule has 1 aliphatic heterocycles. The van der Waals surface area contributed by atoms with Crippen molar-refractivity contribution >= 4 is 11.7 Å². The van der Waals surface area contributed by atoms with Crippen LogP contribution in [0.3, 0.4) is 0 Å². The van der Waals surface area contributed by atoms with Gasteiger partial charge in [0.15, 0.2) is 0 Å². The van der Waals surface area contributed by atoms with Crippen LogP contribution >= 0.6 is 0 Å². The van der Waals surface area contributed by atoms with E-state index < -0.39 is 0 Å². The third-order valence-corrected chi connectivity index (χ3v) is 2.85. The van der Waals surface area contributed by atoms with Crippen molar-refractivity contribution in [1.29, 1.82) is 0 Å². The largest absolute Gasteiger partial charge is 0.338 e. The van der Waals surface area contributed by atoms with Crippen LogP contribution in [0, 0.1) is 0 Å². The Hall–Kier alpha value is -0.900. The molecule has 4 nitrogen and oxygen atoms in total. The molecule has 1 amide bonds. The van der Waals surface area contributed by atoms with Crippen molar-refractivity contribution in [2.24, 2.45) is 0 Å². The molecule has 0 aromatic heterocycles. The van der Waals surface area contributed by atoms with Crippen LogP contribution in [0.5, 0.6) is 0 Å². The number of hydrogen-bond acceptors (Lipinski definition) is 3. The second kappa shape index (κ2) is 5.26. The summed E-state index contributed by atoms with van der Waals surface area (Å²) in [5.74, 6) is 0.368. The molecule has 1 saturated heterocycles. The molecule has 0 aliphatic carbocycles. The number of piperazine rings is 1. The fraction of sp³-hybridized carbons (Fsp3) is 0.818. The van der Waals surface area contributed by atoms with Gasteiger partial charge in [-0.15, -0.1) is 0 Å². The van der Waals surface area contributed by atoms with E-state index in [1.54, 1.807) is 6.92 Å². The minimum absolute atomic E-state index is 0.180. The Morgan fingerprint density at radius 1 is 1.53 bits per heavy atom. The van der Waals surface area contributed by atoms with Crippen molar-refractivity contribution in [3.63, 3.8) is 0 Å². The van der Waals surface area contributed by atoms with Crippen molar-refractivity contribution in [3.8, 4) is 0 Å². The van der Waals surface area contributed by atoms with Crippen molar-refractivity contribution < 1.29 is 9.59 Å². The highest BCUT2D eigenvalue weighted by molar-refractivity contribution is 5.79. The molecule has 15 heavy (non-hydrogen) atoms. The standard InChI is InChI=1S/C11H20N2O2/c1-4-13-9(2)7-12(8-11(13)15)6-5-10(3)14/h9H,4-8H2,1-3H3. The smallest absolute Gasteiger partial charge is 0.237 e. The molecule has 0 aromatic rings. The van der Waals surface area contributed by atoms with Gasteiger partial charge in [-0.25, -0.2) is 0 Å². The quantitative estimate of drug-likeness (QED) is 0.682. The fourth-order valence-electron chi connectivity index (χ4n) is 2.04. The predicted molar refractivity (Wildman–Crippen MR) is 58.6 cm³/mol. The number of ketones is 1. The topological polar surface area (TPSA) is 40.6 Å². The lowest BCUT2D eigenvalue weighted by Gasteiger charge is -2.38. The third kappa shape index (κ3) is 3.30. The van der Waals surface area contributed by atoms with Gasteiger partial charge in [0.2, 0.25) is 5.91 Å². The van der Waals surface area contributed by atoms with Gasteiger partial charge < -0.3 is 4.90 Å². The van der Waals surface area contributed by atoms with E-state index in [1.807, 2.05) is 11.8 Å². The molecule has 0 bridgehead atoms. The zero-order valence-electron chi connectivity index (χ0n) is 9.82. The van der Waals surface area contributed by atoms with E-state index in [0.717, 1.165) is 13.1 Å². The second-order valence-electron chi connectivity index (χ2n) is 4.22. The summed E-state index contributed by atoms with van der Waals surface area (Å²) >= 11 is 0. The van der Waals surface area contributed by atoms with Crippen LogP contribution in [0.2, 0.25) is 0 Å². The molecule has 1 rings (SSSR count). The average molecular weight is 212 g/mol. The number of likely N-dealkylation sites (N-methyl/N-ethyl adjacent to an activating group) is 1. The number of carbonyl (C=O) groups excluding carboxylic acids is 2. The third-order valence-electron chi connectivity index (χ3n) is 2.85. The van der Waals surface area contributed by atoms with E-state index in [0.29, 0.717) is 19.5 Å². The number of hydrogen-bond donors (Lipinski definition) is 0. The molecule has 0 aromatic carbocycles. The van der Waals surface area contributed by atoms with Crippen LogP contribution < -0.4 is 0 Å². The van der Waals surface area contributed by atoms with Crippen molar-refractivity contribution in [2.75, 3.05) is 26.2 Å². The first-order valence-corrected chi connectivity index (χ1v) is 5.55. The normalized spacial score (nSPS) is 23.3. The lowest BCUT2D eigenvalue weighted by Crippen LogP contribution is -2.55. The Labute approximate surface area is 91.2 Å². The zero-order chi connectivity index (χ0) is 11.4. The van der Waals surface area contributed by atoms with E-state index in [2.05, 4.69) is 11.8 Å². The molecule has 0 saturated carbocycles. The summed E-state index contributed by atoms with van der Waals surface area (Å²) in [5.41, 5.74) is 0. The highest BCUT2D eigenvalue weighted by atomic mass is 16.2. The molecule has 1 atom stereocenters. The van der Waals surface area contributed by atoms with Crippen LogP contribution in [-0.2, 0) is 9.59 Å². The van der Waals surface area contributed by atoms with Gasteiger partial charge in [-0.1, -0.05) is 0 Å². The molecule has 0 N–H and O–H groups in total.